The maximum Gasteiger partial charge on any atom is 0.262 e. The van der Waals surface area contributed by atoms with Crippen LogP contribution in [0.1, 0.15) is 12.7 Å². The monoisotopic (exact) mass is 457 g/mol. The first-order valence-electron chi connectivity index (χ1n) is 8.62. The summed E-state index contributed by atoms with van der Waals surface area (Å²) < 4.78 is 8.22. The van der Waals surface area contributed by atoms with Crippen molar-refractivity contribution in [1.29, 1.82) is 0 Å². The molecule has 142 valence electrons. The second kappa shape index (κ2) is 8.07. The number of amides is 1. The van der Waals surface area contributed by atoms with E-state index in [2.05, 4.69) is 36.5 Å². The first-order chi connectivity index (χ1) is 13.6. The van der Waals surface area contributed by atoms with Crippen molar-refractivity contribution in [2.75, 3.05) is 11.9 Å². The standard InChI is InChI=1S/C19H16BrN5O2S/c1-2-16-22-23-19-25(16)24-18(28-19)12-4-3-5-14(10-12)21-17(26)11-27-15-8-6-13(20)7-9-15/h3-10H,2,11H2,1H3,(H,21,26). The Morgan fingerprint density at radius 3 is 2.82 bits per heavy atom. The summed E-state index contributed by atoms with van der Waals surface area (Å²) in [6.45, 7) is 1.95. The Hall–Kier alpha value is -2.78. The zero-order valence-corrected chi connectivity index (χ0v) is 17.3. The number of hydrogen-bond acceptors (Lipinski definition) is 6. The van der Waals surface area contributed by atoms with Crippen molar-refractivity contribution >= 4 is 43.8 Å². The molecule has 0 saturated heterocycles. The molecule has 1 amide bonds. The molecule has 0 unspecified atom stereocenters. The van der Waals surface area contributed by atoms with Gasteiger partial charge >= 0.3 is 0 Å². The van der Waals surface area contributed by atoms with Gasteiger partial charge in [-0.2, -0.15) is 9.61 Å². The Balaban J connectivity index is 1.44. The molecule has 0 aliphatic rings. The van der Waals surface area contributed by atoms with E-state index in [1.807, 2.05) is 43.3 Å². The van der Waals surface area contributed by atoms with Crippen molar-refractivity contribution in [1.82, 2.24) is 19.8 Å². The quantitative estimate of drug-likeness (QED) is 0.469. The fourth-order valence-electron chi connectivity index (χ4n) is 2.60. The SMILES string of the molecule is CCc1nnc2sc(-c3cccc(NC(=O)COc4ccc(Br)cc4)c3)nn12. The number of fused-ring (bicyclic) bond motifs is 1. The van der Waals surface area contributed by atoms with Crippen LogP contribution in [0.5, 0.6) is 5.75 Å². The molecular formula is C19H16BrN5O2S. The van der Waals surface area contributed by atoms with Crippen molar-refractivity contribution in [3.8, 4) is 16.3 Å². The number of rotatable bonds is 6. The molecule has 1 N–H and O–H groups in total. The molecule has 9 heteroatoms. The molecule has 0 aliphatic heterocycles. The van der Waals surface area contributed by atoms with Gasteiger partial charge in [-0.05, 0) is 36.4 Å². The molecule has 0 saturated carbocycles. The van der Waals surface area contributed by atoms with E-state index in [9.17, 15) is 4.79 Å². The minimum Gasteiger partial charge on any atom is -0.484 e. The van der Waals surface area contributed by atoms with E-state index in [1.54, 1.807) is 16.6 Å². The molecule has 4 aromatic rings. The average molecular weight is 458 g/mol. The summed E-state index contributed by atoms with van der Waals surface area (Å²) in [6.07, 6.45) is 0.763. The van der Waals surface area contributed by atoms with E-state index < -0.39 is 0 Å². The molecule has 2 aromatic heterocycles. The Morgan fingerprint density at radius 1 is 1.21 bits per heavy atom. The number of nitrogens with zero attached hydrogens (tertiary/aromatic N) is 4. The number of nitrogens with one attached hydrogen (secondary N) is 1. The minimum absolute atomic E-state index is 0.0670. The fourth-order valence-corrected chi connectivity index (χ4v) is 3.72. The van der Waals surface area contributed by atoms with Crippen LogP contribution in [0.4, 0.5) is 5.69 Å². The highest BCUT2D eigenvalue weighted by atomic mass is 79.9. The van der Waals surface area contributed by atoms with Gasteiger partial charge in [0.15, 0.2) is 12.4 Å². The molecule has 7 nitrogen and oxygen atoms in total. The van der Waals surface area contributed by atoms with Gasteiger partial charge in [0.05, 0.1) is 0 Å². The van der Waals surface area contributed by atoms with Crippen LogP contribution in [0.15, 0.2) is 53.0 Å². The lowest BCUT2D eigenvalue weighted by atomic mass is 10.2. The molecule has 0 radical (unpaired) electrons. The highest BCUT2D eigenvalue weighted by molar-refractivity contribution is 9.10. The number of anilines is 1. The van der Waals surface area contributed by atoms with Crippen LogP contribution in [-0.4, -0.2) is 32.3 Å². The minimum atomic E-state index is -0.230. The Labute approximate surface area is 173 Å². The average Bonchev–Trinajstić information content (AvgIpc) is 3.28. The van der Waals surface area contributed by atoms with Crippen molar-refractivity contribution in [3.05, 3.63) is 58.8 Å². The van der Waals surface area contributed by atoms with E-state index in [1.165, 1.54) is 11.3 Å². The molecule has 0 aliphatic carbocycles. The van der Waals surface area contributed by atoms with Gasteiger partial charge in [0.25, 0.3) is 5.91 Å². The summed E-state index contributed by atoms with van der Waals surface area (Å²) in [4.78, 5) is 13.0. The fraction of sp³-hybridized carbons (Fsp3) is 0.158. The van der Waals surface area contributed by atoms with E-state index in [4.69, 9.17) is 4.74 Å². The summed E-state index contributed by atoms with van der Waals surface area (Å²) in [5.41, 5.74) is 1.59. The first kappa shape index (κ1) is 18.6. The number of carbonyl (C=O) groups excluding carboxylic acids is 1. The van der Waals surface area contributed by atoms with Crippen LogP contribution >= 0.6 is 27.3 Å². The Bertz CT molecular complexity index is 1120. The van der Waals surface area contributed by atoms with Gasteiger partial charge in [-0.15, -0.1) is 10.2 Å². The predicted molar refractivity (Wildman–Crippen MR) is 112 cm³/mol. The number of aryl methyl sites for hydroxylation is 1. The summed E-state index contributed by atoms with van der Waals surface area (Å²) in [5.74, 6) is 1.23. The van der Waals surface area contributed by atoms with Crippen molar-refractivity contribution in [2.45, 2.75) is 13.3 Å². The topological polar surface area (TPSA) is 81.4 Å². The first-order valence-corrected chi connectivity index (χ1v) is 10.2. The molecule has 0 spiro atoms. The van der Waals surface area contributed by atoms with Crippen LogP contribution < -0.4 is 10.1 Å². The summed E-state index contributed by atoms with van der Waals surface area (Å²) in [7, 11) is 0. The van der Waals surface area contributed by atoms with Gasteiger partial charge in [0.1, 0.15) is 10.8 Å². The van der Waals surface area contributed by atoms with Crippen molar-refractivity contribution in [3.63, 3.8) is 0 Å². The van der Waals surface area contributed by atoms with Gasteiger partial charge in [-0.3, -0.25) is 4.79 Å². The molecule has 0 fully saturated rings. The lowest BCUT2D eigenvalue weighted by molar-refractivity contribution is -0.118. The van der Waals surface area contributed by atoms with Gasteiger partial charge in [0.2, 0.25) is 4.96 Å². The van der Waals surface area contributed by atoms with Crippen LogP contribution in [0.3, 0.4) is 0 Å². The molecule has 2 aromatic carbocycles. The number of ether oxygens (including phenoxy) is 1. The predicted octanol–water partition coefficient (Wildman–Crippen LogP) is 4.20. The van der Waals surface area contributed by atoms with Gasteiger partial charge in [-0.25, -0.2) is 0 Å². The molecule has 2 heterocycles. The molecular weight excluding hydrogens is 442 g/mol. The maximum atomic E-state index is 12.2. The number of halogens is 1. The van der Waals surface area contributed by atoms with Crippen LogP contribution in [0, 0.1) is 0 Å². The smallest absolute Gasteiger partial charge is 0.262 e. The normalized spacial score (nSPS) is 10.9. The third-order valence-corrected chi connectivity index (χ3v) is 5.43. The Kier molecular flexibility index (Phi) is 5.36. The van der Waals surface area contributed by atoms with Crippen molar-refractivity contribution in [2.24, 2.45) is 0 Å². The summed E-state index contributed by atoms with van der Waals surface area (Å²) in [6, 6.07) is 14.9. The third-order valence-electron chi connectivity index (χ3n) is 3.95. The molecule has 28 heavy (non-hydrogen) atoms. The van der Waals surface area contributed by atoms with Crippen molar-refractivity contribution < 1.29 is 9.53 Å². The zero-order valence-electron chi connectivity index (χ0n) is 14.9. The lowest BCUT2D eigenvalue weighted by Crippen LogP contribution is -2.20. The van der Waals surface area contributed by atoms with Gasteiger partial charge in [-0.1, -0.05) is 46.3 Å². The number of hydrogen-bond donors (Lipinski definition) is 1. The van der Waals surface area contributed by atoms with E-state index in [-0.39, 0.29) is 12.5 Å². The Morgan fingerprint density at radius 2 is 2.04 bits per heavy atom. The van der Waals surface area contributed by atoms with Crippen LogP contribution in [-0.2, 0) is 11.2 Å². The highest BCUT2D eigenvalue weighted by Crippen LogP contribution is 2.27. The number of aromatic nitrogens is 4. The molecule has 4 rings (SSSR count). The van der Waals surface area contributed by atoms with Gasteiger partial charge in [0, 0.05) is 22.1 Å². The second-order valence-corrected chi connectivity index (χ2v) is 7.81. The highest BCUT2D eigenvalue weighted by Gasteiger charge is 2.12. The number of benzene rings is 2. The third kappa shape index (κ3) is 4.05. The van der Waals surface area contributed by atoms with E-state index in [0.29, 0.717) is 11.4 Å². The molecule has 0 atom stereocenters. The second-order valence-electron chi connectivity index (χ2n) is 5.94. The maximum absolute atomic E-state index is 12.2. The lowest BCUT2D eigenvalue weighted by Gasteiger charge is -2.08. The number of carbonyl (C=O) groups is 1. The van der Waals surface area contributed by atoms with E-state index >= 15 is 0 Å². The summed E-state index contributed by atoms with van der Waals surface area (Å²) in [5, 5.41) is 16.5. The summed E-state index contributed by atoms with van der Waals surface area (Å²) >= 11 is 4.82. The van der Waals surface area contributed by atoms with Gasteiger partial charge < -0.3 is 10.1 Å². The van der Waals surface area contributed by atoms with Crippen LogP contribution in [0.2, 0.25) is 0 Å². The molecule has 0 bridgehead atoms. The largest absolute Gasteiger partial charge is 0.484 e. The van der Waals surface area contributed by atoms with E-state index in [0.717, 1.165) is 32.2 Å². The zero-order chi connectivity index (χ0) is 19.5. The van der Waals surface area contributed by atoms with Crippen LogP contribution in [0.25, 0.3) is 15.5 Å².